The Morgan fingerprint density at radius 2 is 1.52 bits per heavy atom. The summed E-state index contributed by atoms with van der Waals surface area (Å²) in [5.41, 5.74) is 17.7. The molecule has 0 spiro atoms. The first-order chi connectivity index (χ1) is 20.7. The fraction of sp³-hybridized carbons (Fsp3) is 0.481. The van der Waals surface area contributed by atoms with Crippen molar-refractivity contribution in [2.75, 3.05) is 13.2 Å². The highest BCUT2D eigenvalue weighted by atomic mass is 16.4. The molecule has 1 heterocycles. The number of carbonyl (C=O) groups excluding carboxylic acids is 4. The minimum Gasteiger partial charge on any atom is -0.480 e. The van der Waals surface area contributed by atoms with E-state index in [0.717, 1.165) is 10.9 Å². The van der Waals surface area contributed by atoms with E-state index < -0.39 is 72.5 Å². The van der Waals surface area contributed by atoms with E-state index in [2.05, 4.69) is 31.2 Å². The quantitative estimate of drug-likeness (QED) is 0.0469. The van der Waals surface area contributed by atoms with Gasteiger partial charge < -0.3 is 58.8 Å². The number of carboxylic acid groups (broad SMARTS) is 1. The predicted octanol–water partition coefficient (Wildman–Crippen LogP) is -3.49. The van der Waals surface area contributed by atoms with Gasteiger partial charge in [0.2, 0.25) is 23.6 Å². The van der Waals surface area contributed by atoms with Gasteiger partial charge in [-0.2, -0.15) is 0 Å². The van der Waals surface area contributed by atoms with Crippen molar-refractivity contribution in [3.8, 4) is 0 Å². The Bertz CT molecular complexity index is 1340. The van der Waals surface area contributed by atoms with Crippen LogP contribution in [0.5, 0.6) is 0 Å². The van der Waals surface area contributed by atoms with Crippen LogP contribution in [-0.2, 0) is 30.4 Å². The van der Waals surface area contributed by atoms with Crippen LogP contribution in [0.2, 0.25) is 0 Å². The summed E-state index contributed by atoms with van der Waals surface area (Å²) in [4.78, 5) is 69.8. The molecule has 0 unspecified atom stereocenters. The van der Waals surface area contributed by atoms with E-state index in [0.29, 0.717) is 5.56 Å². The molecule has 2 aromatic rings. The number of nitrogens with zero attached hydrogens (tertiary/aromatic N) is 1. The van der Waals surface area contributed by atoms with Crippen LogP contribution in [0.4, 0.5) is 0 Å². The number of aliphatic carboxylic acids is 1. The maximum absolute atomic E-state index is 13.0. The van der Waals surface area contributed by atoms with Crippen LogP contribution < -0.4 is 38.5 Å². The monoisotopic (exact) mass is 619 g/mol. The van der Waals surface area contributed by atoms with Gasteiger partial charge in [0, 0.05) is 30.1 Å². The van der Waals surface area contributed by atoms with Crippen molar-refractivity contribution in [1.82, 2.24) is 26.3 Å². The molecule has 14 N–H and O–H groups in total. The highest BCUT2D eigenvalue weighted by molar-refractivity contribution is 5.95. The number of carboxylic acids is 1. The predicted molar refractivity (Wildman–Crippen MR) is 160 cm³/mol. The topological polar surface area (TPSA) is 300 Å². The van der Waals surface area contributed by atoms with Gasteiger partial charge in [-0.3, -0.25) is 24.2 Å². The first kappa shape index (κ1) is 35.5. The van der Waals surface area contributed by atoms with E-state index in [1.54, 1.807) is 12.3 Å². The molecule has 0 radical (unpaired) electrons. The first-order valence-corrected chi connectivity index (χ1v) is 13.8. The molecule has 0 fully saturated rings. The number of H-pyrrole nitrogens is 1. The summed E-state index contributed by atoms with van der Waals surface area (Å²) < 4.78 is 0. The van der Waals surface area contributed by atoms with Crippen LogP contribution in [0.3, 0.4) is 0 Å². The van der Waals surface area contributed by atoms with Gasteiger partial charge in [-0.1, -0.05) is 18.2 Å². The molecule has 2 rings (SSSR count). The number of rotatable bonds is 17. The number of aromatic amines is 1. The van der Waals surface area contributed by atoms with E-state index in [4.69, 9.17) is 17.2 Å². The SMILES string of the molecule is C[C@H](NC(=O)[C@H](CO)NC(=O)[C@H](CCCN=C(N)N)NC(=O)[C@H](N)[C@H](C)O)C(=O)N[C@@H](Cc1c[nH]c2ccccc12)C(=O)O. The molecular weight excluding hydrogens is 578 g/mol. The summed E-state index contributed by atoms with van der Waals surface area (Å²) in [6.07, 6.45) is 0.646. The molecule has 1 aromatic carbocycles. The standard InChI is InChI=1S/C27H41N9O8/c1-13(22(39)35-19(26(43)44)10-15-11-32-17-7-4-3-6-16(15)17)33-24(41)20(12-37)36-23(40)18(8-5-9-31-27(29)30)34-25(42)21(28)14(2)38/h3-4,6-7,11,13-14,18-21,32,37-38H,5,8-10,12,28H2,1-2H3,(H,33,41)(H,34,42)(H,35,39)(H,36,40)(H,43,44)(H4,29,30,31)/t13-,14-,18-,19-,20-,21+/m0/s1. The molecule has 0 aliphatic carbocycles. The number of aliphatic imine (C=N–C) groups is 1. The van der Waals surface area contributed by atoms with E-state index >= 15 is 0 Å². The number of amides is 4. The molecular formula is C27H41N9O8. The second kappa shape index (κ2) is 16.8. The number of fused-ring (bicyclic) bond motifs is 1. The summed E-state index contributed by atoms with van der Waals surface area (Å²) >= 11 is 0. The summed E-state index contributed by atoms with van der Waals surface area (Å²) in [5.74, 6) is -4.92. The zero-order valence-corrected chi connectivity index (χ0v) is 24.4. The number of carbonyl (C=O) groups is 5. The molecule has 0 bridgehead atoms. The van der Waals surface area contributed by atoms with Gasteiger partial charge in [0.1, 0.15) is 30.2 Å². The van der Waals surface area contributed by atoms with Crippen LogP contribution in [0.15, 0.2) is 35.5 Å². The lowest BCUT2D eigenvalue weighted by molar-refractivity contribution is -0.142. The molecule has 17 nitrogen and oxygen atoms in total. The van der Waals surface area contributed by atoms with Gasteiger partial charge in [-0.15, -0.1) is 0 Å². The maximum Gasteiger partial charge on any atom is 0.326 e. The number of aliphatic hydroxyl groups is 2. The van der Waals surface area contributed by atoms with Gasteiger partial charge in [-0.25, -0.2) is 4.79 Å². The van der Waals surface area contributed by atoms with Crippen molar-refractivity contribution in [1.29, 1.82) is 0 Å². The van der Waals surface area contributed by atoms with Crippen molar-refractivity contribution in [3.05, 3.63) is 36.0 Å². The van der Waals surface area contributed by atoms with Gasteiger partial charge >= 0.3 is 5.97 Å². The average Bonchev–Trinajstić information content (AvgIpc) is 3.38. The number of nitrogens with two attached hydrogens (primary N) is 3. The van der Waals surface area contributed by atoms with Crippen LogP contribution in [0.1, 0.15) is 32.3 Å². The van der Waals surface area contributed by atoms with Crippen LogP contribution in [0.25, 0.3) is 10.9 Å². The molecule has 242 valence electrons. The fourth-order valence-electron chi connectivity index (χ4n) is 4.12. The zero-order chi connectivity index (χ0) is 33.0. The Morgan fingerprint density at radius 3 is 2.14 bits per heavy atom. The lowest BCUT2D eigenvalue weighted by Gasteiger charge is -2.25. The number of hydrogen-bond donors (Lipinski definition) is 11. The third-order valence-corrected chi connectivity index (χ3v) is 6.68. The number of hydrogen-bond acceptors (Lipinski definition) is 9. The van der Waals surface area contributed by atoms with Crippen molar-refractivity contribution in [2.45, 2.75) is 69.4 Å². The molecule has 0 saturated heterocycles. The molecule has 4 amide bonds. The number of para-hydroxylation sites is 1. The van der Waals surface area contributed by atoms with Crippen LogP contribution >= 0.6 is 0 Å². The summed E-state index contributed by atoms with van der Waals surface area (Å²) in [6, 6.07) is 0.573. The van der Waals surface area contributed by atoms with Gasteiger partial charge in [0.15, 0.2) is 5.96 Å². The molecule has 17 heteroatoms. The van der Waals surface area contributed by atoms with Crippen LogP contribution in [-0.4, -0.2) is 105 Å². The lowest BCUT2D eigenvalue weighted by Crippen LogP contribution is -2.59. The second-order valence-corrected chi connectivity index (χ2v) is 10.2. The van der Waals surface area contributed by atoms with E-state index in [9.17, 15) is 39.3 Å². The Hall–Kier alpha value is -4.74. The first-order valence-electron chi connectivity index (χ1n) is 13.8. The van der Waals surface area contributed by atoms with Crippen LogP contribution in [0, 0.1) is 0 Å². The smallest absolute Gasteiger partial charge is 0.326 e. The molecule has 0 saturated carbocycles. The van der Waals surface area contributed by atoms with Gasteiger partial charge in [0.05, 0.1) is 12.7 Å². The van der Waals surface area contributed by atoms with Crippen molar-refractivity contribution in [3.63, 3.8) is 0 Å². The number of benzene rings is 1. The maximum atomic E-state index is 13.0. The number of aliphatic hydroxyl groups excluding tert-OH is 2. The van der Waals surface area contributed by atoms with Gasteiger partial charge in [0.25, 0.3) is 0 Å². The van der Waals surface area contributed by atoms with Crippen molar-refractivity contribution >= 4 is 46.5 Å². The van der Waals surface area contributed by atoms with Gasteiger partial charge in [-0.05, 0) is 38.3 Å². The highest BCUT2D eigenvalue weighted by Gasteiger charge is 2.31. The largest absolute Gasteiger partial charge is 0.480 e. The Morgan fingerprint density at radius 1 is 0.909 bits per heavy atom. The minimum atomic E-state index is -1.54. The summed E-state index contributed by atoms with van der Waals surface area (Å²) in [6.45, 7) is 1.85. The highest BCUT2D eigenvalue weighted by Crippen LogP contribution is 2.19. The van der Waals surface area contributed by atoms with E-state index in [1.807, 2.05) is 18.2 Å². The summed E-state index contributed by atoms with van der Waals surface area (Å²) in [7, 11) is 0. The Balaban J connectivity index is 2.04. The van der Waals surface area contributed by atoms with Crippen molar-refractivity contribution in [2.24, 2.45) is 22.2 Å². The third-order valence-electron chi connectivity index (χ3n) is 6.68. The number of guanidine groups is 1. The molecule has 44 heavy (non-hydrogen) atoms. The number of aromatic nitrogens is 1. The zero-order valence-electron chi connectivity index (χ0n) is 24.4. The third kappa shape index (κ3) is 10.5. The summed E-state index contributed by atoms with van der Waals surface area (Å²) in [5, 5.41) is 39.3. The fourth-order valence-corrected chi connectivity index (χ4v) is 4.12. The lowest BCUT2D eigenvalue weighted by atomic mass is 10.0. The minimum absolute atomic E-state index is 0.00641. The number of nitrogens with one attached hydrogen (secondary N) is 5. The Kier molecular flexibility index (Phi) is 13.5. The molecule has 6 atom stereocenters. The molecule has 1 aromatic heterocycles. The molecule has 0 aliphatic heterocycles. The average molecular weight is 620 g/mol. The van der Waals surface area contributed by atoms with Crippen molar-refractivity contribution < 1.29 is 39.3 Å². The Labute approximate surface area is 253 Å². The normalized spacial score (nSPS) is 15.1. The second-order valence-electron chi connectivity index (χ2n) is 10.2. The molecule has 0 aliphatic rings. The van der Waals surface area contributed by atoms with E-state index in [1.165, 1.54) is 13.8 Å². The van der Waals surface area contributed by atoms with E-state index in [-0.39, 0.29) is 31.8 Å².